The average molecular weight is 368 g/mol. The van der Waals surface area contributed by atoms with E-state index in [-0.39, 0.29) is 10.8 Å². The van der Waals surface area contributed by atoms with E-state index in [1.807, 2.05) is 6.07 Å². The van der Waals surface area contributed by atoms with Gasteiger partial charge in [-0.05, 0) is 51.3 Å². The molecule has 1 heterocycles. The molecule has 1 aromatic heterocycles. The van der Waals surface area contributed by atoms with Gasteiger partial charge in [0, 0.05) is 10.9 Å². The first-order valence-corrected chi connectivity index (χ1v) is 10.1. The Kier molecular flexibility index (Phi) is 4.30. The van der Waals surface area contributed by atoms with Gasteiger partial charge in [-0.2, -0.15) is 0 Å². The lowest BCUT2D eigenvalue weighted by atomic mass is 9.85. The maximum Gasteiger partial charge on any atom is 0.0709 e. The fourth-order valence-corrected chi connectivity index (χ4v) is 4.00. The zero-order chi connectivity index (χ0) is 20.1. The van der Waals surface area contributed by atoms with Crippen LogP contribution in [0.5, 0.6) is 0 Å². The highest BCUT2D eigenvalue weighted by Crippen LogP contribution is 2.44. The van der Waals surface area contributed by atoms with Gasteiger partial charge in [-0.25, -0.2) is 4.98 Å². The predicted octanol–water partition coefficient (Wildman–Crippen LogP) is 7.60. The number of rotatable bonds is 1. The summed E-state index contributed by atoms with van der Waals surface area (Å²) in [5.74, 6) is 0. The predicted molar refractivity (Wildman–Crippen MR) is 121 cm³/mol. The second kappa shape index (κ2) is 6.44. The molecule has 0 saturated heterocycles. The Morgan fingerprint density at radius 2 is 1.29 bits per heavy atom. The van der Waals surface area contributed by atoms with Crippen molar-refractivity contribution >= 4 is 10.9 Å². The van der Waals surface area contributed by atoms with E-state index in [4.69, 9.17) is 4.98 Å². The van der Waals surface area contributed by atoms with Crippen molar-refractivity contribution in [3.63, 3.8) is 0 Å². The Morgan fingerprint density at radius 1 is 0.607 bits per heavy atom. The van der Waals surface area contributed by atoms with Crippen LogP contribution in [0.1, 0.15) is 52.7 Å². The normalized spacial score (nSPS) is 12.6. The van der Waals surface area contributed by atoms with Gasteiger partial charge in [-0.15, -0.1) is 0 Å². The maximum atomic E-state index is 4.93. The summed E-state index contributed by atoms with van der Waals surface area (Å²) in [4.78, 5) is 4.93. The van der Waals surface area contributed by atoms with Crippen LogP contribution in [0.3, 0.4) is 0 Å². The van der Waals surface area contributed by atoms with E-state index >= 15 is 0 Å². The summed E-state index contributed by atoms with van der Waals surface area (Å²) in [7, 11) is 0. The molecule has 2 aromatic rings. The first-order chi connectivity index (χ1) is 13.1. The van der Waals surface area contributed by atoms with Crippen LogP contribution >= 0.6 is 0 Å². The minimum Gasteiger partial charge on any atom is -0.248 e. The molecular formula is C27H29N. The smallest absolute Gasteiger partial charge is 0.0709 e. The topological polar surface area (TPSA) is 12.9 Å². The number of hydrogen-bond donors (Lipinski definition) is 0. The van der Waals surface area contributed by atoms with Crippen LogP contribution in [0.15, 0.2) is 66.7 Å². The van der Waals surface area contributed by atoms with Crippen LogP contribution in [0.2, 0.25) is 0 Å². The van der Waals surface area contributed by atoms with Gasteiger partial charge in [0.2, 0.25) is 0 Å². The van der Waals surface area contributed by atoms with Gasteiger partial charge in [-0.1, -0.05) is 90.1 Å². The van der Waals surface area contributed by atoms with Crippen LogP contribution in [0.4, 0.5) is 0 Å². The minimum absolute atomic E-state index is 0.0875. The molecule has 2 aliphatic rings. The fourth-order valence-electron chi connectivity index (χ4n) is 4.00. The third kappa shape index (κ3) is 3.30. The third-order valence-electron chi connectivity index (χ3n) is 5.51. The van der Waals surface area contributed by atoms with Gasteiger partial charge in [0.15, 0.2) is 0 Å². The molecule has 0 saturated carbocycles. The van der Waals surface area contributed by atoms with E-state index in [1.54, 1.807) is 0 Å². The van der Waals surface area contributed by atoms with E-state index in [9.17, 15) is 0 Å². The summed E-state index contributed by atoms with van der Waals surface area (Å²) in [5, 5.41) is 1.18. The van der Waals surface area contributed by atoms with Gasteiger partial charge in [0.05, 0.1) is 11.2 Å². The summed E-state index contributed by atoms with van der Waals surface area (Å²) in [6, 6.07) is 24.0. The van der Waals surface area contributed by atoms with Crippen molar-refractivity contribution in [1.82, 2.24) is 4.98 Å². The van der Waals surface area contributed by atoms with Crippen LogP contribution < -0.4 is 0 Å². The Balaban J connectivity index is 1.96. The molecule has 142 valence electrons. The fraction of sp³-hybridized carbons (Fsp3) is 0.296. The molecule has 0 bridgehead atoms. The minimum atomic E-state index is 0.0875. The summed E-state index contributed by atoms with van der Waals surface area (Å²) in [6.45, 7) is 13.8. The first kappa shape index (κ1) is 18.7. The highest BCUT2D eigenvalue weighted by Gasteiger charge is 2.28. The van der Waals surface area contributed by atoms with E-state index in [1.165, 1.54) is 27.6 Å². The molecular weight excluding hydrogens is 338 g/mol. The number of para-hydroxylation sites is 1. The van der Waals surface area contributed by atoms with Crippen molar-refractivity contribution < 1.29 is 0 Å². The summed E-state index contributed by atoms with van der Waals surface area (Å²) in [6.07, 6.45) is 0. The van der Waals surface area contributed by atoms with Gasteiger partial charge < -0.3 is 0 Å². The second-order valence-electron chi connectivity index (χ2n) is 9.81. The summed E-state index contributed by atoms with van der Waals surface area (Å²) in [5.41, 5.74) is 8.94. The molecule has 28 heavy (non-hydrogen) atoms. The molecule has 0 N–H and O–H groups in total. The van der Waals surface area contributed by atoms with Crippen molar-refractivity contribution in [3.8, 4) is 22.4 Å². The molecule has 0 radical (unpaired) electrons. The zero-order valence-corrected chi connectivity index (χ0v) is 17.8. The molecule has 0 atom stereocenters. The number of aromatic nitrogens is 1. The largest absolute Gasteiger partial charge is 0.248 e. The molecule has 1 nitrogen and oxygen atoms in total. The first-order valence-electron chi connectivity index (χ1n) is 10.1. The molecule has 0 spiro atoms. The summed E-state index contributed by atoms with van der Waals surface area (Å²) < 4.78 is 0. The Hall–Kier alpha value is -2.67. The molecule has 0 fully saturated rings. The van der Waals surface area contributed by atoms with Gasteiger partial charge in [0.25, 0.3) is 0 Å². The molecule has 4 rings (SSSR count). The van der Waals surface area contributed by atoms with E-state index < -0.39 is 0 Å². The molecule has 1 heteroatoms. The van der Waals surface area contributed by atoms with E-state index in [2.05, 4.69) is 102 Å². The Bertz CT molecular complexity index is 1120. The molecule has 1 aromatic carbocycles. The van der Waals surface area contributed by atoms with Crippen molar-refractivity contribution in [2.75, 3.05) is 0 Å². The van der Waals surface area contributed by atoms with Crippen LogP contribution in [-0.2, 0) is 10.8 Å². The lowest BCUT2D eigenvalue weighted by Gasteiger charge is -2.19. The van der Waals surface area contributed by atoms with Crippen molar-refractivity contribution in [2.45, 2.75) is 52.4 Å². The average Bonchev–Trinajstić information content (AvgIpc) is 2.87. The lowest BCUT2D eigenvalue weighted by Crippen LogP contribution is -2.11. The number of hydrogen-bond acceptors (Lipinski definition) is 1. The number of pyridine rings is 1. The number of benzene rings is 1. The standard InChI is InChI=1S/C27H29N/c1-26(2,3)22-17-23(27(4,5)6)21-16-19(11-9-12-20(21)22)25-15-14-18-10-7-8-13-24(18)28-25/h7-17H,1-6H3. The molecule has 2 aliphatic carbocycles. The van der Waals surface area contributed by atoms with Crippen molar-refractivity contribution in [1.29, 1.82) is 0 Å². The van der Waals surface area contributed by atoms with Crippen molar-refractivity contribution in [2.24, 2.45) is 0 Å². The quantitative estimate of drug-likeness (QED) is 0.337. The van der Waals surface area contributed by atoms with E-state index in [0.29, 0.717) is 0 Å². The second-order valence-corrected chi connectivity index (χ2v) is 9.81. The highest BCUT2D eigenvalue weighted by molar-refractivity contribution is 5.84. The number of fused-ring (bicyclic) bond motifs is 2. The molecule has 0 unspecified atom stereocenters. The van der Waals surface area contributed by atoms with Gasteiger partial charge in [-0.3, -0.25) is 0 Å². The highest BCUT2D eigenvalue weighted by atomic mass is 14.7. The molecule has 0 aliphatic heterocycles. The number of nitrogens with zero attached hydrogens (tertiary/aromatic N) is 1. The lowest BCUT2D eigenvalue weighted by molar-refractivity contribution is 0.581. The van der Waals surface area contributed by atoms with Crippen LogP contribution in [0.25, 0.3) is 33.3 Å². The van der Waals surface area contributed by atoms with Crippen LogP contribution in [0, 0.1) is 0 Å². The Labute approximate surface area is 168 Å². The van der Waals surface area contributed by atoms with Gasteiger partial charge in [0.1, 0.15) is 0 Å². The Morgan fingerprint density at radius 3 is 2.00 bits per heavy atom. The van der Waals surface area contributed by atoms with Crippen molar-refractivity contribution in [3.05, 3.63) is 77.9 Å². The van der Waals surface area contributed by atoms with E-state index in [0.717, 1.165) is 16.8 Å². The van der Waals surface area contributed by atoms with Crippen LogP contribution in [-0.4, -0.2) is 4.98 Å². The monoisotopic (exact) mass is 367 g/mol. The SMILES string of the molecule is CC(C)(C)c1cc(C(C)(C)C)c2cc(-c3ccc4ccccc4n3)cccc1-2. The maximum absolute atomic E-state index is 4.93. The zero-order valence-electron chi connectivity index (χ0n) is 17.8. The molecule has 0 amide bonds. The van der Waals surface area contributed by atoms with Gasteiger partial charge >= 0.3 is 0 Å². The summed E-state index contributed by atoms with van der Waals surface area (Å²) >= 11 is 0. The third-order valence-corrected chi connectivity index (χ3v) is 5.51.